The molecule has 182 valence electrons. The Labute approximate surface area is 194 Å². The molecule has 0 radical (unpaired) electrons. The highest BCUT2D eigenvalue weighted by atomic mass is 32.2. The Kier molecular flexibility index (Phi) is 6.33. The first-order chi connectivity index (χ1) is 15.5. The highest BCUT2D eigenvalue weighted by Crippen LogP contribution is 2.44. The van der Waals surface area contributed by atoms with Gasteiger partial charge in [0.2, 0.25) is 0 Å². The maximum absolute atomic E-state index is 12.2. The summed E-state index contributed by atoms with van der Waals surface area (Å²) >= 11 is 0. The summed E-state index contributed by atoms with van der Waals surface area (Å²) in [6, 6.07) is 6.28. The minimum absolute atomic E-state index is 0.170. The molecule has 1 atom stereocenters. The average Bonchev–Trinajstić information content (AvgIpc) is 2.70. The third-order valence-electron chi connectivity index (χ3n) is 4.59. The van der Waals surface area contributed by atoms with Crippen LogP contribution >= 0.6 is 0 Å². The third-order valence-corrected chi connectivity index (χ3v) is 7.33. The lowest BCUT2D eigenvalue weighted by atomic mass is 10.1. The molecule has 1 unspecified atom stereocenters. The summed E-state index contributed by atoms with van der Waals surface area (Å²) in [7, 11) is -12.0. The van der Waals surface area contributed by atoms with Crippen molar-refractivity contribution in [1.29, 1.82) is 0 Å². The van der Waals surface area contributed by atoms with Crippen molar-refractivity contribution in [3.8, 4) is 5.75 Å². The molecule has 0 amide bonds. The van der Waals surface area contributed by atoms with Crippen LogP contribution in [0.1, 0.15) is 0 Å². The van der Waals surface area contributed by atoms with Gasteiger partial charge in [0, 0.05) is 18.8 Å². The van der Waals surface area contributed by atoms with Crippen LogP contribution in [0.25, 0.3) is 10.8 Å². The summed E-state index contributed by atoms with van der Waals surface area (Å²) in [5.74, 6) is 2.38. The van der Waals surface area contributed by atoms with Gasteiger partial charge >= 0.3 is 0 Å². The molecule has 34 heavy (non-hydrogen) atoms. The van der Waals surface area contributed by atoms with Crippen LogP contribution in [-0.2, 0) is 30.0 Å². The van der Waals surface area contributed by atoms with E-state index in [9.17, 15) is 39.8 Å². The van der Waals surface area contributed by atoms with Crippen molar-refractivity contribution >= 4 is 69.4 Å². The van der Waals surface area contributed by atoms with Crippen molar-refractivity contribution < 1.29 is 39.8 Å². The highest BCUT2D eigenvalue weighted by Gasteiger charge is 2.22. The number of hydrogen-bond donors (Lipinski definition) is 6. The zero-order chi connectivity index (χ0) is 25.6. The Morgan fingerprint density at radius 1 is 0.912 bits per heavy atom. The van der Waals surface area contributed by atoms with Crippen molar-refractivity contribution in [2.75, 3.05) is 18.1 Å². The zero-order valence-corrected chi connectivity index (χ0v) is 19.6. The van der Waals surface area contributed by atoms with E-state index < -0.39 is 61.8 Å². The van der Waals surface area contributed by atoms with E-state index >= 15 is 0 Å². The number of nitrogens with two attached hydrogens (primary N) is 1. The number of fused-ring (bicyclic) bond motifs is 1. The third kappa shape index (κ3) is 4.96. The Hall–Kier alpha value is -3.28. The number of benzene rings is 3. The van der Waals surface area contributed by atoms with E-state index in [1.54, 1.807) is 0 Å². The lowest BCUT2D eigenvalue weighted by molar-refractivity contribution is 0.471. The second kappa shape index (κ2) is 8.49. The van der Waals surface area contributed by atoms with Crippen molar-refractivity contribution in [2.45, 2.75) is 14.7 Å². The van der Waals surface area contributed by atoms with Crippen LogP contribution in [0.4, 0.5) is 22.7 Å². The molecule has 0 saturated carbocycles. The van der Waals surface area contributed by atoms with Crippen LogP contribution < -0.4 is 11.1 Å². The van der Waals surface area contributed by atoms with Gasteiger partial charge in [-0.25, -0.2) is 4.21 Å². The molecule has 3 rings (SSSR count). The molecule has 3 aromatic carbocycles. The highest BCUT2D eigenvalue weighted by molar-refractivity contribution is 7.95. The van der Waals surface area contributed by atoms with Gasteiger partial charge in [-0.05, 0) is 41.6 Å². The minimum Gasteiger partial charge on any atom is -0.507 e. The number of phenolic OH excluding ortho intramolecular Hbond substituents is 1. The minimum atomic E-state index is -4.77. The number of nitrogen functional groups attached to an aromatic ring is 1. The molecule has 0 spiro atoms. The maximum Gasteiger partial charge on any atom is 0.296 e. The van der Waals surface area contributed by atoms with Crippen molar-refractivity contribution in [1.82, 2.24) is 0 Å². The Morgan fingerprint density at radius 2 is 1.56 bits per heavy atom. The van der Waals surface area contributed by atoms with Gasteiger partial charge in [0.1, 0.15) is 31.8 Å². The second-order valence-electron chi connectivity index (χ2n) is 6.90. The molecular formula is C18H18N4O9S3. The number of hydrogen-bond acceptors (Lipinski definition) is 10. The summed E-state index contributed by atoms with van der Waals surface area (Å²) in [5, 5.41) is 20.3. The number of rotatable bonds is 6. The SMILES string of the molecule is C=S(=O)(O)c1cc2cc(S(=O)(=O)O)cc(O)c2c(N=Nc2ccc(NC)cc2S(=O)(=O)O)c1N. The summed E-state index contributed by atoms with van der Waals surface area (Å²) in [6.07, 6.45) is 0. The Bertz CT molecular complexity index is 1680. The van der Waals surface area contributed by atoms with Crippen LogP contribution in [0.2, 0.25) is 0 Å². The fraction of sp³-hybridized carbons (Fsp3) is 0.0556. The summed E-state index contributed by atoms with van der Waals surface area (Å²) in [5.41, 5.74) is 5.07. The number of phenols is 1. The number of aromatic hydroxyl groups is 1. The van der Waals surface area contributed by atoms with Crippen molar-refractivity contribution in [3.63, 3.8) is 0 Å². The molecule has 0 aliphatic rings. The van der Waals surface area contributed by atoms with E-state index in [-0.39, 0.29) is 16.5 Å². The first kappa shape index (κ1) is 25.3. The number of nitrogens with one attached hydrogen (secondary N) is 1. The average molecular weight is 531 g/mol. The molecule has 16 heteroatoms. The fourth-order valence-electron chi connectivity index (χ4n) is 3.04. The molecule has 0 aliphatic heterocycles. The number of anilines is 2. The summed E-state index contributed by atoms with van der Waals surface area (Å²) < 4.78 is 87.7. The Balaban J connectivity index is 2.40. The summed E-state index contributed by atoms with van der Waals surface area (Å²) in [6.45, 7) is 0. The maximum atomic E-state index is 12.2. The Morgan fingerprint density at radius 3 is 2.09 bits per heavy atom. The fourth-order valence-corrected chi connectivity index (χ4v) is 4.98. The number of azo groups is 1. The first-order valence-corrected chi connectivity index (χ1v) is 13.5. The van der Waals surface area contributed by atoms with Crippen LogP contribution in [0.15, 0.2) is 61.3 Å². The van der Waals surface area contributed by atoms with Crippen LogP contribution in [0, 0.1) is 0 Å². The van der Waals surface area contributed by atoms with Gasteiger partial charge in [-0.2, -0.15) is 16.8 Å². The van der Waals surface area contributed by atoms with Gasteiger partial charge in [0.05, 0.1) is 20.9 Å². The molecule has 0 heterocycles. The molecule has 3 aromatic rings. The van der Waals surface area contributed by atoms with E-state index in [1.165, 1.54) is 19.2 Å². The van der Waals surface area contributed by atoms with Crippen molar-refractivity contribution in [2.24, 2.45) is 10.2 Å². The van der Waals surface area contributed by atoms with E-state index in [2.05, 4.69) is 21.4 Å². The predicted octanol–water partition coefficient (Wildman–Crippen LogP) is 2.63. The lowest BCUT2D eigenvalue weighted by Gasteiger charge is -2.14. The van der Waals surface area contributed by atoms with E-state index in [0.29, 0.717) is 11.8 Å². The van der Waals surface area contributed by atoms with E-state index in [1.807, 2.05) is 0 Å². The van der Waals surface area contributed by atoms with Gasteiger partial charge in [-0.1, -0.05) is 0 Å². The van der Waals surface area contributed by atoms with Crippen LogP contribution in [0.3, 0.4) is 0 Å². The quantitative estimate of drug-likeness (QED) is 0.117. The van der Waals surface area contributed by atoms with Gasteiger partial charge in [-0.15, -0.1) is 10.2 Å². The van der Waals surface area contributed by atoms with Gasteiger partial charge in [0.15, 0.2) is 0 Å². The predicted molar refractivity (Wildman–Crippen MR) is 126 cm³/mol. The molecule has 7 N–H and O–H groups in total. The zero-order valence-electron chi connectivity index (χ0n) is 17.2. The topological polar surface area (TPSA) is 229 Å². The largest absolute Gasteiger partial charge is 0.507 e. The molecule has 13 nitrogen and oxygen atoms in total. The smallest absolute Gasteiger partial charge is 0.296 e. The monoisotopic (exact) mass is 530 g/mol. The summed E-state index contributed by atoms with van der Waals surface area (Å²) in [4.78, 5) is -1.83. The molecule has 0 bridgehead atoms. The van der Waals surface area contributed by atoms with Crippen molar-refractivity contribution in [3.05, 3.63) is 36.4 Å². The van der Waals surface area contributed by atoms with Gasteiger partial charge in [-0.3, -0.25) is 9.11 Å². The van der Waals surface area contributed by atoms with Crippen LogP contribution in [0.5, 0.6) is 5.75 Å². The van der Waals surface area contributed by atoms with Gasteiger partial charge in [0.25, 0.3) is 20.2 Å². The standard InChI is InChI=1S/C18H18N4O9S3/c1-20-10-3-4-12(14(7-10)34(29,30)31)21-22-18-16-9(6-15(17(18)19)32(2,24)25)5-11(8-13(16)23)33(26,27)28/h3-8,20,23H,2,19H2,1H3,(H,24,25)(H,26,27,28)(H,29,30,31). The molecule has 0 aromatic heterocycles. The first-order valence-electron chi connectivity index (χ1n) is 8.91. The van der Waals surface area contributed by atoms with Crippen LogP contribution in [-0.4, -0.2) is 52.7 Å². The second-order valence-corrected chi connectivity index (χ2v) is 11.4. The molecular weight excluding hydrogens is 512 g/mol. The van der Waals surface area contributed by atoms with E-state index in [4.69, 9.17) is 5.73 Å². The normalized spacial score (nSPS) is 14.4. The number of nitrogens with zero attached hydrogens (tertiary/aromatic N) is 2. The molecule has 0 fully saturated rings. The van der Waals surface area contributed by atoms with E-state index in [0.717, 1.165) is 18.2 Å². The molecule has 0 saturated heterocycles. The molecule has 0 aliphatic carbocycles. The van der Waals surface area contributed by atoms with Gasteiger partial charge < -0.3 is 20.7 Å². The lowest BCUT2D eigenvalue weighted by Crippen LogP contribution is -2.04.